The second kappa shape index (κ2) is 10.7. The van der Waals surface area contributed by atoms with E-state index in [1.807, 2.05) is 0 Å². The lowest BCUT2D eigenvalue weighted by Gasteiger charge is -2.10. The van der Waals surface area contributed by atoms with Crippen LogP contribution in [0.5, 0.6) is 17.2 Å². The summed E-state index contributed by atoms with van der Waals surface area (Å²) in [6, 6.07) is 11.7. The zero-order valence-electron chi connectivity index (χ0n) is 16.2. The lowest BCUT2D eigenvalue weighted by Crippen LogP contribution is -2.12. The number of nitrogens with zero attached hydrogens (tertiary/aromatic N) is 1. The molecule has 2 aromatic carbocycles. The predicted octanol–water partition coefficient (Wildman–Crippen LogP) is 3.56. The van der Waals surface area contributed by atoms with E-state index < -0.39 is 5.97 Å². The number of unbranched alkanes of at least 4 members (excludes halogenated alkanes) is 1. The van der Waals surface area contributed by atoms with Crippen LogP contribution in [0.1, 0.15) is 42.6 Å². The molecule has 0 aliphatic carbocycles. The van der Waals surface area contributed by atoms with Gasteiger partial charge in [-0.25, -0.2) is 10.2 Å². The molecule has 0 atom stereocenters. The van der Waals surface area contributed by atoms with Crippen molar-refractivity contribution in [3.05, 3.63) is 53.6 Å². The van der Waals surface area contributed by atoms with Gasteiger partial charge in [0.2, 0.25) is 5.91 Å². The average Bonchev–Trinajstić information content (AvgIpc) is 2.69. The molecule has 148 valence electrons. The molecule has 0 aliphatic rings. The van der Waals surface area contributed by atoms with Gasteiger partial charge in [-0.05, 0) is 54.4 Å². The molecule has 0 radical (unpaired) electrons. The normalized spacial score (nSPS) is 10.5. The Morgan fingerprint density at radius 2 is 1.86 bits per heavy atom. The number of esters is 1. The maximum atomic E-state index is 12.4. The van der Waals surface area contributed by atoms with Crippen molar-refractivity contribution in [2.45, 2.75) is 26.7 Å². The molecule has 7 nitrogen and oxygen atoms in total. The highest BCUT2D eigenvalue weighted by atomic mass is 16.6. The lowest BCUT2D eigenvalue weighted by molar-refractivity contribution is -0.118. The van der Waals surface area contributed by atoms with Crippen molar-refractivity contribution in [3.8, 4) is 17.2 Å². The largest absolute Gasteiger partial charge is 0.494 e. The van der Waals surface area contributed by atoms with Crippen LogP contribution in [0, 0.1) is 0 Å². The van der Waals surface area contributed by atoms with E-state index in [0.717, 1.165) is 12.8 Å². The van der Waals surface area contributed by atoms with Gasteiger partial charge in [0.1, 0.15) is 5.75 Å². The standard InChI is InChI=1S/C21H24N2O5/c1-4-5-12-27-18-9-7-17(8-10-18)21(25)28-19-11-6-16(13-20(19)26-3)14-22-23-15(2)24/h6-11,13-14H,4-5,12H2,1-3H3,(H,23,24)/b22-14+. The van der Waals surface area contributed by atoms with Crippen molar-refractivity contribution in [1.82, 2.24) is 5.43 Å². The van der Waals surface area contributed by atoms with E-state index >= 15 is 0 Å². The molecule has 0 saturated heterocycles. The summed E-state index contributed by atoms with van der Waals surface area (Å²) in [5, 5.41) is 3.79. The van der Waals surface area contributed by atoms with Gasteiger partial charge in [0.05, 0.1) is 25.5 Å². The molecule has 0 saturated carbocycles. The molecular weight excluding hydrogens is 360 g/mol. The van der Waals surface area contributed by atoms with Crippen LogP contribution in [-0.4, -0.2) is 31.8 Å². The predicted molar refractivity (Wildman–Crippen MR) is 106 cm³/mol. The molecule has 7 heteroatoms. The Labute approximate surface area is 164 Å². The van der Waals surface area contributed by atoms with Crippen LogP contribution in [0.15, 0.2) is 47.6 Å². The number of hydrazone groups is 1. The molecule has 1 N–H and O–H groups in total. The molecule has 0 spiro atoms. The number of carbonyl (C=O) groups is 2. The van der Waals surface area contributed by atoms with Crippen molar-refractivity contribution < 1.29 is 23.8 Å². The van der Waals surface area contributed by atoms with Crippen molar-refractivity contribution in [2.75, 3.05) is 13.7 Å². The van der Waals surface area contributed by atoms with Crippen LogP contribution in [0.3, 0.4) is 0 Å². The summed E-state index contributed by atoms with van der Waals surface area (Å²) >= 11 is 0. The number of hydrogen-bond acceptors (Lipinski definition) is 6. The molecule has 0 fully saturated rings. The minimum Gasteiger partial charge on any atom is -0.494 e. The number of carbonyl (C=O) groups excluding carboxylic acids is 2. The first-order chi connectivity index (χ1) is 13.5. The minimum absolute atomic E-state index is 0.268. The average molecular weight is 384 g/mol. The minimum atomic E-state index is -0.502. The van der Waals surface area contributed by atoms with Gasteiger partial charge < -0.3 is 14.2 Å². The molecule has 1 amide bonds. The first-order valence-electron chi connectivity index (χ1n) is 8.96. The van der Waals surface area contributed by atoms with Gasteiger partial charge in [0.15, 0.2) is 11.5 Å². The fraction of sp³-hybridized carbons (Fsp3) is 0.286. The van der Waals surface area contributed by atoms with Gasteiger partial charge in [0, 0.05) is 6.92 Å². The summed E-state index contributed by atoms with van der Waals surface area (Å²) < 4.78 is 16.3. The van der Waals surface area contributed by atoms with Gasteiger partial charge in [-0.3, -0.25) is 4.79 Å². The van der Waals surface area contributed by atoms with E-state index in [-0.39, 0.29) is 11.7 Å². The Morgan fingerprint density at radius 3 is 2.50 bits per heavy atom. The SMILES string of the molecule is CCCCOc1ccc(C(=O)Oc2ccc(/C=N/NC(C)=O)cc2OC)cc1. The van der Waals surface area contributed by atoms with Crippen LogP contribution in [0.2, 0.25) is 0 Å². The number of rotatable bonds is 9. The number of nitrogens with one attached hydrogen (secondary N) is 1. The fourth-order valence-electron chi connectivity index (χ4n) is 2.23. The van der Waals surface area contributed by atoms with Gasteiger partial charge in [-0.1, -0.05) is 13.3 Å². The van der Waals surface area contributed by atoms with Crippen molar-refractivity contribution >= 4 is 18.1 Å². The van der Waals surface area contributed by atoms with Gasteiger partial charge >= 0.3 is 5.97 Å². The highest BCUT2D eigenvalue weighted by Crippen LogP contribution is 2.28. The van der Waals surface area contributed by atoms with Crippen LogP contribution >= 0.6 is 0 Å². The Balaban J connectivity index is 2.04. The maximum absolute atomic E-state index is 12.4. The molecule has 2 aromatic rings. The van der Waals surface area contributed by atoms with Crippen LogP contribution in [0.4, 0.5) is 0 Å². The summed E-state index contributed by atoms with van der Waals surface area (Å²) in [5.74, 6) is 0.603. The highest BCUT2D eigenvalue weighted by Gasteiger charge is 2.13. The van der Waals surface area contributed by atoms with E-state index in [1.165, 1.54) is 20.2 Å². The fourth-order valence-corrected chi connectivity index (χ4v) is 2.23. The van der Waals surface area contributed by atoms with Gasteiger partial charge in [0.25, 0.3) is 0 Å². The Morgan fingerprint density at radius 1 is 1.11 bits per heavy atom. The third-order valence-corrected chi connectivity index (χ3v) is 3.68. The smallest absolute Gasteiger partial charge is 0.343 e. The molecule has 28 heavy (non-hydrogen) atoms. The van der Waals surface area contributed by atoms with Gasteiger partial charge in [-0.15, -0.1) is 0 Å². The summed E-state index contributed by atoms with van der Waals surface area (Å²) in [6.45, 7) is 4.11. The first kappa shape index (κ1) is 21.0. The second-order valence-electron chi connectivity index (χ2n) is 5.95. The zero-order chi connectivity index (χ0) is 20.4. The number of amides is 1. The summed E-state index contributed by atoms with van der Waals surface area (Å²) in [5.41, 5.74) is 3.40. The molecular formula is C21H24N2O5. The van der Waals surface area contributed by atoms with E-state index in [2.05, 4.69) is 17.5 Å². The van der Waals surface area contributed by atoms with E-state index in [9.17, 15) is 9.59 Å². The van der Waals surface area contributed by atoms with Crippen LogP contribution in [-0.2, 0) is 4.79 Å². The third-order valence-electron chi connectivity index (χ3n) is 3.68. The number of benzene rings is 2. The number of ether oxygens (including phenoxy) is 3. The Hall–Kier alpha value is -3.35. The quantitative estimate of drug-likeness (QED) is 0.235. The maximum Gasteiger partial charge on any atom is 0.343 e. The number of hydrogen-bond donors (Lipinski definition) is 1. The van der Waals surface area contributed by atoms with Crippen LogP contribution in [0.25, 0.3) is 0 Å². The zero-order valence-corrected chi connectivity index (χ0v) is 16.2. The van der Waals surface area contributed by atoms with E-state index in [0.29, 0.717) is 29.2 Å². The molecule has 0 aromatic heterocycles. The highest BCUT2D eigenvalue weighted by molar-refractivity contribution is 5.91. The lowest BCUT2D eigenvalue weighted by atomic mass is 10.2. The van der Waals surface area contributed by atoms with Crippen molar-refractivity contribution in [1.29, 1.82) is 0 Å². The summed E-state index contributed by atoms with van der Waals surface area (Å²) in [4.78, 5) is 23.2. The van der Waals surface area contributed by atoms with Crippen LogP contribution < -0.4 is 19.6 Å². The van der Waals surface area contributed by atoms with Crippen molar-refractivity contribution in [3.63, 3.8) is 0 Å². The Kier molecular flexibility index (Phi) is 8.02. The van der Waals surface area contributed by atoms with E-state index in [1.54, 1.807) is 42.5 Å². The third kappa shape index (κ3) is 6.42. The van der Waals surface area contributed by atoms with Crippen molar-refractivity contribution in [2.24, 2.45) is 5.10 Å². The number of methoxy groups -OCH3 is 1. The second-order valence-corrected chi connectivity index (χ2v) is 5.95. The monoisotopic (exact) mass is 384 g/mol. The van der Waals surface area contributed by atoms with Gasteiger partial charge in [-0.2, -0.15) is 5.10 Å². The molecule has 0 bridgehead atoms. The molecule has 0 unspecified atom stereocenters. The summed E-state index contributed by atoms with van der Waals surface area (Å²) in [6.07, 6.45) is 3.51. The summed E-state index contributed by atoms with van der Waals surface area (Å²) in [7, 11) is 1.48. The first-order valence-corrected chi connectivity index (χ1v) is 8.96. The Bertz CT molecular complexity index is 831. The van der Waals surface area contributed by atoms with E-state index in [4.69, 9.17) is 14.2 Å². The molecule has 2 rings (SSSR count). The molecule has 0 heterocycles. The molecule has 0 aliphatic heterocycles. The topological polar surface area (TPSA) is 86.2 Å².